The number of aromatic nitrogens is 4. The van der Waals surface area contributed by atoms with Crippen LogP contribution in [0.2, 0.25) is 5.02 Å². The van der Waals surface area contributed by atoms with Gasteiger partial charge in [0.1, 0.15) is 5.82 Å². The molecule has 2 aromatic heterocycles. The molecule has 154 valence electrons. The Balaban J connectivity index is 1.44. The van der Waals surface area contributed by atoms with Crippen molar-refractivity contribution in [2.75, 3.05) is 11.1 Å². The van der Waals surface area contributed by atoms with Crippen LogP contribution >= 0.6 is 23.4 Å². The molecule has 2 heterocycles. The van der Waals surface area contributed by atoms with Crippen molar-refractivity contribution in [3.8, 4) is 0 Å². The normalized spacial score (nSPS) is 11.3. The van der Waals surface area contributed by atoms with Crippen LogP contribution in [0.3, 0.4) is 0 Å². The molecule has 0 atom stereocenters. The Morgan fingerprint density at radius 3 is 2.80 bits per heavy atom. The molecule has 0 aliphatic heterocycles. The molecule has 0 unspecified atom stereocenters. The van der Waals surface area contributed by atoms with E-state index in [1.807, 2.05) is 18.2 Å². The van der Waals surface area contributed by atoms with Gasteiger partial charge < -0.3 is 5.32 Å². The van der Waals surface area contributed by atoms with Crippen molar-refractivity contribution in [3.63, 3.8) is 0 Å². The zero-order valence-corrected chi connectivity index (χ0v) is 17.1. The third-order valence-corrected chi connectivity index (χ3v) is 5.48. The van der Waals surface area contributed by atoms with E-state index < -0.39 is 6.55 Å². The highest BCUT2D eigenvalue weighted by atomic mass is 35.5. The number of nitrogens with zero attached hydrogens (tertiary/aromatic N) is 4. The number of nitrogens with one attached hydrogen (secondary N) is 1. The van der Waals surface area contributed by atoms with Crippen LogP contribution in [0.15, 0.2) is 66.0 Å². The zero-order valence-electron chi connectivity index (χ0n) is 15.5. The Kier molecular flexibility index (Phi) is 6.01. The van der Waals surface area contributed by atoms with Crippen LogP contribution in [-0.2, 0) is 11.3 Å². The standard InChI is InChI=1S/C20H16ClF2N5OS/c21-14-5-3-4-13(10-14)11-27-17(8-9-24-27)26-18(29)12-30-20-25-15-6-1-2-7-16(15)28(20)19(22)23/h1-10,19H,11-12H2,(H,26,29). The lowest BCUT2D eigenvalue weighted by Gasteiger charge is -2.10. The summed E-state index contributed by atoms with van der Waals surface area (Å²) in [5.41, 5.74) is 1.72. The Hall–Kier alpha value is -2.91. The Labute approximate surface area is 179 Å². The molecule has 10 heteroatoms. The molecular weight excluding hydrogens is 432 g/mol. The highest BCUT2D eigenvalue weighted by molar-refractivity contribution is 7.99. The van der Waals surface area contributed by atoms with Crippen LogP contribution in [-0.4, -0.2) is 31.0 Å². The van der Waals surface area contributed by atoms with E-state index >= 15 is 0 Å². The van der Waals surface area contributed by atoms with Gasteiger partial charge in [-0.25, -0.2) is 9.67 Å². The van der Waals surface area contributed by atoms with E-state index in [-0.39, 0.29) is 16.8 Å². The fourth-order valence-corrected chi connectivity index (χ4v) is 4.02. The molecule has 0 aliphatic carbocycles. The first-order chi connectivity index (χ1) is 14.5. The lowest BCUT2D eigenvalue weighted by molar-refractivity contribution is -0.113. The number of halogens is 3. The maximum Gasteiger partial charge on any atom is 0.321 e. The SMILES string of the molecule is O=C(CSc1nc2ccccc2n1C(F)F)Nc1ccnn1Cc1cccc(Cl)c1. The molecule has 30 heavy (non-hydrogen) atoms. The van der Waals surface area contributed by atoms with Gasteiger partial charge in [-0.05, 0) is 29.8 Å². The second kappa shape index (κ2) is 8.85. The third-order valence-electron chi connectivity index (χ3n) is 4.30. The lowest BCUT2D eigenvalue weighted by Crippen LogP contribution is -2.18. The van der Waals surface area contributed by atoms with E-state index in [9.17, 15) is 13.6 Å². The van der Waals surface area contributed by atoms with Crippen molar-refractivity contribution >= 4 is 46.1 Å². The molecule has 1 N–H and O–H groups in total. The van der Waals surface area contributed by atoms with Gasteiger partial charge in [-0.1, -0.05) is 47.6 Å². The van der Waals surface area contributed by atoms with E-state index in [1.165, 1.54) is 0 Å². The lowest BCUT2D eigenvalue weighted by atomic mass is 10.2. The van der Waals surface area contributed by atoms with Gasteiger partial charge in [0.15, 0.2) is 5.16 Å². The Bertz CT molecular complexity index is 1190. The number of hydrogen-bond donors (Lipinski definition) is 1. The molecule has 6 nitrogen and oxygen atoms in total. The van der Waals surface area contributed by atoms with E-state index in [2.05, 4.69) is 15.4 Å². The molecule has 0 radical (unpaired) electrons. The molecule has 1 amide bonds. The van der Waals surface area contributed by atoms with Crippen molar-refractivity contribution in [1.82, 2.24) is 19.3 Å². The number of alkyl halides is 2. The number of hydrogen-bond acceptors (Lipinski definition) is 4. The van der Waals surface area contributed by atoms with Crippen molar-refractivity contribution in [3.05, 3.63) is 71.4 Å². The minimum Gasteiger partial charge on any atom is -0.310 e. The summed E-state index contributed by atoms with van der Waals surface area (Å²) in [5, 5.41) is 7.68. The number of anilines is 1. The van der Waals surface area contributed by atoms with Crippen LogP contribution in [0.4, 0.5) is 14.6 Å². The molecule has 4 aromatic rings. The predicted octanol–water partition coefficient (Wildman–Crippen LogP) is 5.06. The van der Waals surface area contributed by atoms with Gasteiger partial charge in [0.25, 0.3) is 0 Å². The second-order valence-electron chi connectivity index (χ2n) is 6.37. The average Bonchev–Trinajstić information content (AvgIpc) is 3.30. The van der Waals surface area contributed by atoms with E-state index in [0.717, 1.165) is 21.9 Å². The molecule has 0 spiro atoms. The smallest absolute Gasteiger partial charge is 0.310 e. The van der Waals surface area contributed by atoms with Gasteiger partial charge in [-0.3, -0.25) is 9.36 Å². The number of thioether (sulfide) groups is 1. The maximum absolute atomic E-state index is 13.5. The Morgan fingerprint density at radius 2 is 2.00 bits per heavy atom. The van der Waals surface area contributed by atoms with Crippen LogP contribution in [0, 0.1) is 0 Å². The highest BCUT2D eigenvalue weighted by Gasteiger charge is 2.19. The quantitative estimate of drug-likeness (QED) is 0.402. The summed E-state index contributed by atoms with van der Waals surface area (Å²) < 4.78 is 29.5. The number of carbonyl (C=O) groups excluding carboxylic acids is 1. The first kappa shape index (κ1) is 20.4. The molecule has 4 rings (SSSR count). The summed E-state index contributed by atoms with van der Waals surface area (Å²) in [7, 11) is 0. The molecule has 0 saturated carbocycles. The largest absolute Gasteiger partial charge is 0.321 e. The van der Waals surface area contributed by atoms with Crippen LogP contribution in [0.1, 0.15) is 12.1 Å². The highest BCUT2D eigenvalue weighted by Crippen LogP contribution is 2.29. The molecule has 0 fully saturated rings. The summed E-state index contributed by atoms with van der Waals surface area (Å²) in [5.74, 6) is 0.0851. The third kappa shape index (κ3) is 4.47. The first-order valence-corrected chi connectivity index (χ1v) is 10.3. The monoisotopic (exact) mass is 447 g/mol. The van der Waals surface area contributed by atoms with Gasteiger partial charge >= 0.3 is 6.55 Å². The summed E-state index contributed by atoms with van der Waals surface area (Å²) in [6, 6.07) is 15.6. The predicted molar refractivity (Wildman–Crippen MR) is 113 cm³/mol. The fourth-order valence-electron chi connectivity index (χ4n) is 2.99. The van der Waals surface area contributed by atoms with Crippen molar-refractivity contribution < 1.29 is 13.6 Å². The second-order valence-corrected chi connectivity index (χ2v) is 7.75. The number of para-hydroxylation sites is 2. The number of imidazole rings is 1. The zero-order chi connectivity index (χ0) is 21.1. The van der Waals surface area contributed by atoms with Gasteiger partial charge in [-0.15, -0.1) is 0 Å². The Morgan fingerprint density at radius 1 is 1.17 bits per heavy atom. The molecule has 0 bridgehead atoms. The summed E-state index contributed by atoms with van der Waals surface area (Å²) in [6.45, 7) is -2.32. The van der Waals surface area contributed by atoms with Crippen LogP contribution in [0.25, 0.3) is 11.0 Å². The van der Waals surface area contributed by atoms with E-state index in [1.54, 1.807) is 47.3 Å². The maximum atomic E-state index is 13.5. The molecule has 2 aromatic carbocycles. The number of rotatable bonds is 7. The van der Waals surface area contributed by atoms with Crippen molar-refractivity contribution in [2.45, 2.75) is 18.3 Å². The number of benzene rings is 2. The van der Waals surface area contributed by atoms with Gasteiger partial charge in [0.05, 0.1) is 29.5 Å². The summed E-state index contributed by atoms with van der Waals surface area (Å²) in [4.78, 5) is 16.6. The first-order valence-electron chi connectivity index (χ1n) is 8.95. The summed E-state index contributed by atoms with van der Waals surface area (Å²) in [6.07, 6.45) is 1.57. The van der Waals surface area contributed by atoms with Gasteiger partial charge in [0.2, 0.25) is 5.91 Å². The number of amides is 1. The van der Waals surface area contributed by atoms with E-state index in [0.29, 0.717) is 28.4 Å². The average molecular weight is 448 g/mol. The molecule has 0 saturated heterocycles. The van der Waals surface area contributed by atoms with Crippen molar-refractivity contribution in [1.29, 1.82) is 0 Å². The van der Waals surface area contributed by atoms with Crippen LogP contribution in [0.5, 0.6) is 0 Å². The van der Waals surface area contributed by atoms with E-state index in [4.69, 9.17) is 11.6 Å². The molecule has 0 aliphatic rings. The molecular formula is C20H16ClF2N5OS. The minimum atomic E-state index is -2.75. The fraction of sp³-hybridized carbons (Fsp3) is 0.150. The topological polar surface area (TPSA) is 64.7 Å². The summed E-state index contributed by atoms with van der Waals surface area (Å²) >= 11 is 6.96. The number of carbonyl (C=O) groups is 1. The number of fused-ring (bicyclic) bond motifs is 1. The van der Waals surface area contributed by atoms with Crippen LogP contribution < -0.4 is 5.32 Å². The van der Waals surface area contributed by atoms with Gasteiger partial charge in [-0.2, -0.15) is 13.9 Å². The minimum absolute atomic E-state index is 0.0710. The van der Waals surface area contributed by atoms with Crippen molar-refractivity contribution in [2.24, 2.45) is 0 Å². The van der Waals surface area contributed by atoms with Gasteiger partial charge in [0, 0.05) is 11.1 Å².